The van der Waals surface area contributed by atoms with Crippen LogP contribution in [0, 0.1) is 11.7 Å². The van der Waals surface area contributed by atoms with Gasteiger partial charge >= 0.3 is 0 Å². The molecule has 29 heavy (non-hydrogen) atoms. The summed E-state index contributed by atoms with van der Waals surface area (Å²) in [7, 11) is 3.15. The lowest BCUT2D eigenvalue weighted by molar-refractivity contribution is -0.120. The predicted molar refractivity (Wildman–Crippen MR) is 113 cm³/mol. The van der Waals surface area contributed by atoms with Crippen LogP contribution in [0.3, 0.4) is 0 Å². The molecule has 1 N–H and O–H groups in total. The molecule has 6 nitrogen and oxygen atoms in total. The SMILES string of the molecule is COc1ccc(OC)c(NC(=O)C2CCN(c3nc4c(F)cccc4s3)CC2)c1. The fourth-order valence-electron chi connectivity index (χ4n) is 3.52. The van der Waals surface area contributed by atoms with Crippen LogP contribution in [0.4, 0.5) is 15.2 Å². The van der Waals surface area contributed by atoms with E-state index in [0.29, 0.717) is 48.6 Å². The van der Waals surface area contributed by atoms with Crippen molar-refractivity contribution in [1.29, 1.82) is 0 Å². The Hall–Kier alpha value is -2.87. The number of hydrogen-bond acceptors (Lipinski definition) is 6. The van der Waals surface area contributed by atoms with Crippen LogP contribution in [-0.2, 0) is 4.79 Å². The molecule has 8 heteroatoms. The molecule has 1 fully saturated rings. The first-order valence-corrected chi connectivity index (χ1v) is 10.2. The average Bonchev–Trinajstić information content (AvgIpc) is 3.19. The number of ether oxygens (including phenoxy) is 2. The number of para-hydroxylation sites is 1. The van der Waals surface area contributed by atoms with E-state index >= 15 is 0 Å². The fraction of sp³-hybridized carbons (Fsp3) is 0.333. The molecule has 2 heterocycles. The molecule has 0 radical (unpaired) electrons. The second kappa shape index (κ2) is 8.24. The number of nitrogens with one attached hydrogen (secondary N) is 1. The number of aromatic nitrogens is 1. The molecule has 152 valence electrons. The molecular formula is C21H22FN3O3S. The number of hydrogen-bond donors (Lipinski definition) is 1. The van der Waals surface area contributed by atoms with Gasteiger partial charge in [-0.3, -0.25) is 4.79 Å². The third-order valence-electron chi connectivity index (χ3n) is 5.16. The van der Waals surface area contributed by atoms with Crippen molar-refractivity contribution in [3.05, 3.63) is 42.2 Å². The summed E-state index contributed by atoms with van der Waals surface area (Å²) in [6, 6.07) is 10.3. The van der Waals surface area contributed by atoms with E-state index in [9.17, 15) is 9.18 Å². The number of thiazole rings is 1. The predicted octanol–water partition coefficient (Wildman–Crippen LogP) is 4.31. The van der Waals surface area contributed by atoms with Gasteiger partial charge in [-0.2, -0.15) is 0 Å². The van der Waals surface area contributed by atoms with Crippen molar-refractivity contribution in [2.75, 3.05) is 37.5 Å². The van der Waals surface area contributed by atoms with Crippen molar-refractivity contribution < 1.29 is 18.7 Å². The van der Waals surface area contributed by atoms with E-state index in [1.807, 2.05) is 6.07 Å². The first-order valence-electron chi connectivity index (χ1n) is 9.42. The monoisotopic (exact) mass is 415 g/mol. The van der Waals surface area contributed by atoms with Crippen LogP contribution in [-0.4, -0.2) is 38.2 Å². The summed E-state index contributed by atoms with van der Waals surface area (Å²) >= 11 is 1.48. The second-order valence-corrected chi connectivity index (χ2v) is 7.91. The minimum absolute atomic E-state index is 0.0356. The summed E-state index contributed by atoms with van der Waals surface area (Å²) in [5, 5.41) is 3.77. The van der Waals surface area contributed by atoms with Crippen molar-refractivity contribution in [2.45, 2.75) is 12.8 Å². The molecule has 0 atom stereocenters. The molecule has 2 aromatic carbocycles. The van der Waals surface area contributed by atoms with E-state index in [-0.39, 0.29) is 17.6 Å². The van der Waals surface area contributed by atoms with E-state index in [4.69, 9.17) is 9.47 Å². The Morgan fingerprint density at radius 3 is 2.69 bits per heavy atom. The number of carbonyl (C=O) groups excluding carboxylic acids is 1. The maximum absolute atomic E-state index is 13.9. The van der Waals surface area contributed by atoms with Crippen molar-refractivity contribution in [1.82, 2.24) is 4.98 Å². The van der Waals surface area contributed by atoms with Gasteiger partial charge in [0.2, 0.25) is 5.91 Å². The largest absolute Gasteiger partial charge is 0.497 e. The summed E-state index contributed by atoms with van der Waals surface area (Å²) in [5.74, 6) is 0.804. The van der Waals surface area contributed by atoms with Gasteiger partial charge in [-0.15, -0.1) is 0 Å². The Balaban J connectivity index is 1.41. The summed E-state index contributed by atoms with van der Waals surface area (Å²) in [6.07, 6.45) is 1.41. The molecule has 1 amide bonds. The Kier molecular flexibility index (Phi) is 5.53. The number of amides is 1. The molecule has 1 aromatic heterocycles. The topological polar surface area (TPSA) is 63.7 Å². The third-order valence-corrected chi connectivity index (χ3v) is 6.24. The van der Waals surface area contributed by atoms with Crippen LogP contribution in [0.1, 0.15) is 12.8 Å². The quantitative estimate of drug-likeness (QED) is 0.673. The first-order chi connectivity index (χ1) is 14.1. The zero-order valence-electron chi connectivity index (χ0n) is 16.3. The number of fused-ring (bicyclic) bond motifs is 1. The lowest BCUT2D eigenvalue weighted by Crippen LogP contribution is -2.38. The van der Waals surface area contributed by atoms with Gasteiger partial charge in [-0.25, -0.2) is 9.37 Å². The Labute approximate surface area is 172 Å². The summed E-state index contributed by atoms with van der Waals surface area (Å²) in [6.45, 7) is 1.41. The lowest BCUT2D eigenvalue weighted by Gasteiger charge is -2.31. The molecule has 0 aliphatic carbocycles. The van der Waals surface area contributed by atoms with E-state index < -0.39 is 0 Å². The maximum atomic E-state index is 13.9. The molecule has 1 aliphatic heterocycles. The number of nitrogens with zero attached hydrogens (tertiary/aromatic N) is 2. The van der Waals surface area contributed by atoms with E-state index in [2.05, 4.69) is 15.2 Å². The van der Waals surface area contributed by atoms with Crippen molar-refractivity contribution in [3.63, 3.8) is 0 Å². The van der Waals surface area contributed by atoms with E-state index in [1.54, 1.807) is 38.5 Å². The zero-order chi connectivity index (χ0) is 20.4. The number of halogens is 1. The van der Waals surface area contributed by atoms with Gasteiger partial charge in [0.15, 0.2) is 5.13 Å². The number of anilines is 2. The highest BCUT2D eigenvalue weighted by Crippen LogP contribution is 2.34. The normalized spacial score (nSPS) is 14.8. The van der Waals surface area contributed by atoms with Crippen molar-refractivity contribution in [3.8, 4) is 11.5 Å². The minimum Gasteiger partial charge on any atom is -0.497 e. The Morgan fingerprint density at radius 2 is 2.00 bits per heavy atom. The number of methoxy groups -OCH3 is 2. The van der Waals surface area contributed by atoms with Gasteiger partial charge in [-0.05, 0) is 37.1 Å². The second-order valence-electron chi connectivity index (χ2n) is 6.90. The zero-order valence-corrected chi connectivity index (χ0v) is 17.1. The molecule has 0 saturated carbocycles. The first kappa shape index (κ1) is 19.4. The van der Waals surface area contributed by atoms with E-state index in [0.717, 1.165) is 9.83 Å². The molecule has 1 saturated heterocycles. The number of benzene rings is 2. The highest BCUT2D eigenvalue weighted by molar-refractivity contribution is 7.22. The van der Waals surface area contributed by atoms with Crippen molar-refractivity contribution >= 4 is 38.3 Å². The minimum atomic E-state index is -0.300. The Morgan fingerprint density at radius 1 is 1.21 bits per heavy atom. The lowest BCUT2D eigenvalue weighted by atomic mass is 9.96. The summed E-state index contributed by atoms with van der Waals surface area (Å²) in [5.41, 5.74) is 1.01. The van der Waals surface area contributed by atoms with Gasteiger partial charge in [0, 0.05) is 25.1 Å². The van der Waals surface area contributed by atoms with Crippen LogP contribution >= 0.6 is 11.3 Å². The molecule has 3 aromatic rings. The van der Waals surface area contributed by atoms with Gasteiger partial charge in [0.05, 0.1) is 24.6 Å². The molecule has 0 spiro atoms. The number of carbonyl (C=O) groups is 1. The van der Waals surface area contributed by atoms with E-state index in [1.165, 1.54) is 17.4 Å². The highest BCUT2D eigenvalue weighted by atomic mass is 32.1. The molecule has 0 bridgehead atoms. The summed E-state index contributed by atoms with van der Waals surface area (Å²) in [4.78, 5) is 19.4. The van der Waals surface area contributed by atoms with Gasteiger partial charge in [0.25, 0.3) is 0 Å². The fourth-order valence-corrected chi connectivity index (χ4v) is 4.55. The van der Waals surface area contributed by atoms with Crippen LogP contribution in [0.2, 0.25) is 0 Å². The molecule has 0 unspecified atom stereocenters. The van der Waals surface area contributed by atoms with Crippen LogP contribution in [0.5, 0.6) is 11.5 Å². The molecule has 1 aliphatic rings. The third kappa shape index (κ3) is 3.98. The maximum Gasteiger partial charge on any atom is 0.227 e. The smallest absolute Gasteiger partial charge is 0.227 e. The molecular weight excluding hydrogens is 393 g/mol. The van der Waals surface area contributed by atoms with Crippen LogP contribution in [0.15, 0.2) is 36.4 Å². The van der Waals surface area contributed by atoms with Gasteiger partial charge < -0.3 is 19.7 Å². The van der Waals surface area contributed by atoms with Crippen LogP contribution < -0.4 is 19.7 Å². The van der Waals surface area contributed by atoms with Crippen LogP contribution in [0.25, 0.3) is 10.2 Å². The van der Waals surface area contributed by atoms with Crippen molar-refractivity contribution in [2.24, 2.45) is 5.92 Å². The Bertz CT molecular complexity index is 1030. The average molecular weight is 415 g/mol. The molecule has 4 rings (SSSR count). The summed E-state index contributed by atoms with van der Waals surface area (Å²) < 4.78 is 25.3. The number of piperidine rings is 1. The highest BCUT2D eigenvalue weighted by Gasteiger charge is 2.27. The standard InChI is InChI=1S/C21H22FN3O3S/c1-27-14-6-7-17(28-2)16(12-14)23-20(26)13-8-10-25(11-9-13)21-24-19-15(22)4-3-5-18(19)29-21/h3-7,12-13H,8-11H2,1-2H3,(H,23,26). The number of rotatable bonds is 5. The van der Waals surface area contributed by atoms with Gasteiger partial charge in [-0.1, -0.05) is 17.4 Å². The van der Waals surface area contributed by atoms with Gasteiger partial charge in [0.1, 0.15) is 22.8 Å².